The lowest BCUT2D eigenvalue weighted by atomic mass is 9.67. The average Bonchev–Trinajstić information content (AvgIpc) is 2.19. The highest BCUT2D eigenvalue weighted by atomic mass is 16.4. The van der Waals surface area contributed by atoms with E-state index in [0.29, 0.717) is 0 Å². The van der Waals surface area contributed by atoms with Gasteiger partial charge in [-0.1, -0.05) is 25.2 Å². The van der Waals surface area contributed by atoms with E-state index in [2.05, 4.69) is 0 Å². The smallest absolute Gasteiger partial charge is 0.331 e. The van der Waals surface area contributed by atoms with Crippen LogP contribution in [0.2, 0.25) is 0 Å². The van der Waals surface area contributed by atoms with Gasteiger partial charge in [-0.05, 0) is 13.3 Å². The van der Waals surface area contributed by atoms with Crippen LogP contribution in [0.1, 0.15) is 20.3 Å². The summed E-state index contributed by atoms with van der Waals surface area (Å²) in [5.74, 6) is -2.93. The molecule has 0 aliphatic heterocycles. The highest BCUT2D eigenvalue weighted by molar-refractivity contribution is 5.91. The lowest BCUT2D eigenvalue weighted by Gasteiger charge is -2.35. The van der Waals surface area contributed by atoms with Gasteiger partial charge >= 0.3 is 11.9 Å². The Balaban J connectivity index is 3.18. The van der Waals surface area contributed by atoms with E-state index in [-0.39, 0.29) is 12.0 Å². The third-order valence-corrected chi connectivity index (χ3v) is 3.19. The predicted molar refractivity (Wildman–Crippen MR) is 60.4 cm³/mol. The third-order valence-electron chi connectivity index (χ3n) is 3.19. The number of aliphatic carboxylic acids is 2. The molecule has 17 heavy (non-hydrogen) atoms. The SMILES string of the molecule is CC(O)C[C@]1(C(=O)O)C=CC=C(C(=O)O)C1C. The molecule has 5 nitrogen and oxygen atoms in total. The molecule has 0 bridgehead atoms. The molecule has 1 aliphatic carbocycles. The van der Waals surface area contributed by atoms with Crippen molar-refractivity contribution in [2.45, 2.75) is 26.4 Å². The molecule has 1 rings (SSSR count). The van der Waals surface area contributed by atoms with Crippen molar-refractivity contribution in [3.8, 4) is 0 Å². The fraction of sp³-hybridized carbons (Fsp3) is 0.500. The van der Waals surface area contributed by atoms with E-state index < -0.39 is 29.4 Å². The second-order valence-corrected chi connectivity index (χ2v) is 4.41. The summed E-state index contributed by atoms with van der Waals surface area (Å²) >= 11 is 0. The van der Waals surface area contributed by atoms with E-state index in [1.807, 2.05) is 0 Å². The molecule has 2 unspecified atom stereocenters. The van der Waals surface area contributed by atoms with Crippen molar-refractivity contribution in [3.05, 3.63) is 23.8 Å². The Hall–Kier alpha value is -1.62. The first kappa shape index (κ1) is 13.4. The summed E-state index contributed by atoms with van der Waals surface area (Å²) < 4.78 is 0. The minimum Gasteiger partial charge on any atom is -0.481 e. The maximum Gasteiger partial charge on any atom is 0.331 e. The van der Waals surface area contributed by atoms with E-state index in [4.69, 9.17) is 5.11 Å². The van der Waals surface area contributed by atoms with Crippen molar-refractivity contribution in [1.29, 1.82) is 0 Å². The van der Waals surface area contributed by atoms with Crippen molar-refractivity contribution in [2.75, 3.05) is 0 Å². The fourth-order valence-corrected chi connectivity index (χ4v) is 2.22. The van der Waals surface area contributed by atoms with Crippen molar-refractivity contribution >= 4 is 11.9 Å². The van der Waals surface area contributed by atoms with Crippen LogP contribution < -0.4 is 0 Å². The molecule has 3 atom stereocenters. The van der Waals surface area contributed by atoms with E-state index >= 15 is 0 Å². The molecule has 5 heteroatoms. The number of carbonyl (C=O) groups is 2. The highest BCUT2D eigenvalue weighted by Crippen LogP contribution is 2.41. The Bertz CT molecular complexity index is 394. The quantitative estimate of drug-likeness (QED) is 0.682. The monoisotopic (exact) mass is 240 g/mol. The van der Waals surface area contributed by atoms with Gasteiger partial charge in [0.25, 0.3) is 0 Å². The molecule has 0 heterocycles. The van der Waals surface area contributed by atoms with Crippen LogP contribution in [0.25, 0.3) is 0 Å². The number of carboxylic acid groups (broad SMARTS) is 2. The number of hydrogen-bond donors (Lipinski definition) is 3. The predicted octanol–water partition coefficient (Wildman–Crippen LogP) is 1.05. The number of allylic oxidation sites excluding steroid dienone is 2. The zero-order valence-electron chi connectivity index (χ0n) is 9.75. The zero-order valence-corrected chi connectivity index (χ0v) is 9.75. The Morgan fingerprint density at radius 1 is 1.47 bits per heavy atom. The van der Waals surface area contributed by atoms with Crippen molar-refractivity contribution < 1.29 is 24.9 Å². The Morgan fingerprint density at radius 2 is 2.06 bits per heavy atom. The van der Waals surface area contributed by atoms with Gasteiger partial charge in [0.15, 0.2) is 0 Å². The standard InChI is InChI=1S/C12H16O5/c1-7(13)6-12(11(16)17)5-3-4-9(8(12)2)10(14)15/h3-5,7-8,13H,6H2,1-2H3,(H,14,15)(H,16,17)/t7?,8?,12-/m1/s1. The number of aliphatic hydroxyl groups excluding tert-OH is 1. The summed E-state index contributed by atoms with van der Waals surface area (Å²) in [6.07, 6.45) is 3.46. The maximum atomic E-state index is 11.4. The summed E-state index contributed by atoms with van der Waals surface area (Å²) in [6, 6.07) is 0. The molecule has 0 radical (unpaired) electrons. The molecule has 0 spiro atoms. The molecule has 0 fully saturated rings. The second-order valence-electron chi connectivity index (χ2n) is 4.41. The minimum absolute atomic E-state index is 0.00931. The number of aliphatic hydroxyl groups is 1. The van der Waals surface area contributed by atoms with Crippen LogP contribution in [0.5, 0.6) is 0 Å². The summed E-state index contributed by atoms with van der Waals surface area (Å²) in [5, 5.41) is 27.7. The van der Waals surface area contributed by atoms with Crippen LogP contribution in [0.3, 0.4) is 0 Å². The van der Waals surface area contributed by atoms with Crippen molar-refractivity contribution in [2.24, 2.45) is 11.3 Å². The van der Waals surface area contributed by atoms with Crippen molar-refractivity contribution in [3.63, 3.8) is 0 Å². The van der Waals surface area contributed by atoms with Crippen LogP contribution >= 0.6 is 0 Å². The summed E-state index contributed by atoms with van der Waals surface area (Å²) in [4.78, 5) is 22.4. The second kappa shape index (κ2) is 4.71. The van der Waals surface area contributed by atoms with Gasteiger partial charge in [0.05, 0.1) is 11.5 Å². The maximum absolute atomic E-state index is 11.4. The number of rotatable bonds is 4. The lowest BCUT2D eigenvalue weighted by molar-refractivity contribution is -0.150. The zero-order chi connectivity index (χ0) is 13.2. The van der Waals surface area contributed by atoms with E-state index in [0.717, 1.165) is 0 Å². The van der Waals surface area contributed by atoms with Gasteiger partial charge in [-0.25, -0.2) is 4.79 Å². The Kier molecular flexibility index (Phi) is 3.72. The molecular weight excluding hydrogens is 224 g/mol. The molecule has 0 saturated heterocycles. The van der Waals surface area contributed by atoms with Crippen LogP contribution in [0, 0.1) is 11.3 Å². The first-order chi connectivity index (χ1) is 7.81. The summed E-state index contributed by atoms with van der Waals surface area (Å²) in [6.45, 7) is 3.05. The molecule has 94 valence electrons. The minimum atomic E-state index is -1.35. The van der Waals surface area contributed by atoms with Gasteiger partial charge in [0.1, 0.15) is 0 Å². The van der Waals surface area contributed by atoms with Crippen LogP contribution in [-0.4, -0.2) is 33.4 Å². The first-order valence-electron chi connectivity index (χ1n) is 5.35. The van der Waals surface area contributed by atoms with Gasteiger partial charge in [-0.3, -0.25) is 4.79 Å². The molecule has 3 N–H and O–H groups in total. The Morgan fingerprint density at radius 3 is 2.47 bits per heavy atom. The van der Waals surface area contributed by atoms with Gasteiger partial charge in [0, 0.05) is 11.5 Å². The molecule has 1 aliphatic rings. The fourth-order valence-electron chi connectivity index (χ4n) is 2.22. The average molecular weight is 240 g/mol. The molecule has 0 amide bonds. The number of hydrogen-bond acceptors (Lipinski definition) is 3. The van der Waals surface area contributed by atoms with Crippen LogP contribution in [0.15, 0.2) is 23.8 Å². The van der Waals surface area contributed by atoms with Gasteiger partial charge in [0.2, 0.25) is 0 Å². The van der Waals surface area contributed by atoms with Crippen molar-refractivity contribution in [1.82, 2.24) is 0 Å². The molecule has 0 aromatic carbocycles. The Labute approximate surface area is 99.1 Å². The largest absolute Gasteiger partial charge is 0.481 e. The van der Waals surface area contributed by atoms with Crippen LogP contribution in [-0.2, 0) is 9.59 Å². The molecule has 0 saturated carbocycles. The molecular formula is C12H16O5. The molecule has 0 aromatic heterocycles. The lowest BCUT2D eigenvalue weighted by Crippen LogP contribution is -2.41. The van der Waals surface area contributed by atoms with Crippen LogP contribution in [0.4, 0.5) is 0 Å². The van der Waals surface area contributed by atoms with Gasteiger partial charge in [-0.2, -0.15) is 0 Å². The van der Waals surface area contributed by atoms with E-state index in [1.54, 1.807) is 6.92 Å². The first-order valence-corrected chi connectivity index (χ1v) is 5.35. The van der Waals surface area contributed by atoms with E-state index in [9.17, 15) is 19.8 Å². The normalized spacial score (nSPS) is 29.6. The van der Waals surface area contributed by atoms with E-state index in [1.165, 1.54) is 25.2 Å². The van der Waals surface area contributed by atoms with Gasteiger partial charge in [-0.15, -0.1) is 0 Å². The topological polar surface area (TPSA) is 94.8 Å². The third kappa shape index (κ3) is 2.39. The molecule has 0 aromatic rings. The number of carboxylic acids is 2. The van der Waals surface area contributed by atoms with Gasteiger partial charge < -0.3 is 15.3 Å². The highest BCUT2D eigenvalue weighted by Gasteiger charge is 2.46. The summed E-state index contributed by atoms with van der Waals surface area (Å²) in [5.41, 5.74) is -1.30. The summed E-state index contributed by atoms with van der Waals surface area (Å²) in [7, 11) is 0.